The van der Waals surface area contributed by atoms with E-state index in [1.165, 1.54) is 123 Å². The van der Waals surface area contributed by atoms with Crippen LogP contribution in [0.1, 0.15) is 213 Å². The van der Waals surface area contributed by atoms with Crippen molar-refractivity contribution in [2.24, 2.45) is 75.5 Å². The normalized spacial score (nSPS) is 22.7. The van der Waals surface area contributed by atoms with Gasteiger partial charge in [0, 0.05) is 75.7 Å². The quantitative estimate of drug-likeness (QED) is 0.0543. The van der Waals surface area contributed by atoms with Gasteiger partial charge in [-0.05, 0) is 195 Å². The number of anilines is 4. The number of benzene rings is 4. The molecule has 8 aromatic rings. The number of nitrogens with one attached hydrogen (secondary N) is 4. The van der Waals surface area contributed by atoms with Gasteiger partial charge in [0.2, 0.25) is 0 Å². The molecule has 8 aliphatic carbocycles. The van der Waals surface area contributed by atoms with E-state index in [0.29, 0.717) is 23.7 Å². The third-order valence-corrected chi connectivity index (χ3v) is 19.9. The van der Waals surface area contributed by atoms with E-state index in [1.54, 1.807) is 0 Å². The van der Waals surface area contributed by atoms with E-state index in [-0.39, 0.29) is 22.3 Å². The average Bonchev–Trinajstić information content (AvgIpc) is 1.62. The molecular weight excluding hydrogens is 1250 g/mol. The maximum Gasteiger partial charge on any atom is 0.282 e. The molecule has 4 aromatic carbocycles. The summed E-state index contributed by atoms with van der Waals surface area (Å²) in [5, 5.41) is 26.0. The van der Waals surface area contributed by atoms with Crippen LogP contribution >= 0.6 is 0 Å². The number of aryl methyl sites for hydroxylation is 4. The highest BCUT2D eigenvalue weighted by Crippen LogP contribution is 2.63. The zero-order chi connectivity index (χ0) is 67.4. The van der Waals surface area contributed by atoms with Gasteiger partial charge in [0.15, 0.2) is 0 Å². The van der Waals surface area contributed by atoms with Crippen molar-refractivity contribution in [3.63, 3.8) is 0 Å². The number of para-hydroxylation sites is 4. The van der Waals surface area contributed by atoms with Crippen molar-refractivity contribution in [1.82, 2.24) is 39.1 Å². The van der Waals surface area contributed by atoms with Crippen molar-refractivity contribution < 1.29 is 54.3 Å². The molecule has 0 spiro atoms. The molecule has 4 N–H and O–H groups in total. The number of alkyl halides is 8. The predicted molar refractivity (Wildman–Crippen MR) is 345 cm³/mol. The van der Waals surface area contributed by atoms with Gasteiger partial charge in [-0.3, -0.25) is 37.9 Å². The molecule has 16 rings (SSSR count). The van der Waals surface area contributed by atoms with Gasteiger partial charge in [0.05, 0.1) is 22.3 Å². The Bertz CT molecular complexity index is 3660. The zero-order valence-corrected chi connectivity index (χ0v) is 53.5. The Kier molecular flexibility index (Phi) is 18.7. The Morgan fingerprint density at radius 2 is 0.521 bits per heavy atom. The predicted octanol–water partition coefficient (Wildman–Crippen LogP) is 16.5. The summed E-state index contributed by atoms with van der Waals surface area (Å²) in [5.41, 5.74) is 5.15. The summed E-state index contributed by atoms with van der Waals surface area (Å²) < 4.78 is 109. The van der Waals surface area contributed by atoms with E-state index >= 15 is 0 Å². The molecule has 0 unspecified atom stereocenters. The Hall–Kier alpha value is -8.96. The highest BCUT2D eigenvalue weighted by molar-refractivity contribution is 6.07. The van der Waals surface area contributed by atoms with Gasteiger partial charge >= 0.3 is 0 Å². The molecule has 0 saturated heterocycles. The molecule has 0 bridgehead atoms. The Morgan fingerprint density at radius 3 is 0.698 bits per heavy atom. The van der Waals surface area contributed by atoms with Crippen molar-refractivity contribution in [2.45, 2.75) is 126 Å². The van der Waals surface area contributed by atoms with Gasteiger partial charge in [-0.1, -0.05) is 72.8 Å². The van der Waals surface area contributed by atoms with E-state index in [0.717, 1.165) is 118 Å². The lowest BCUT2D eigenvalue weighted by Gasteiger charge is -2.11. The van der Waals surface area contributed by atoms with Crippen molar-refractivity contribution in [1.29, 1.82) is 0 Å². The molecule has 8 saturated carbocycles. The van der Waals surface area contributed by atoms with E-state index in [1.807, 2.05) is 97.1 Å². The number of amides is 4. The minimum atomic E-state index is -2.77. The largest absolute Gasteiger partial charge is 0.322 e. The molecule has 8 fully saturated rings. The summed E-state index contributed by atoms with van der Waals surface area (Å²) in [6.45, 7) is 0. The second-order valence-electron chi connectivity index (χ2n) is 27.1. The van der Waals surface area contributed by atoms with Crippen molar-refractivity contribution in [3.05, 3.63) is 189 Å². The highest BCUT2D eigenvalue weighted by Gasteiger charge is 2.52. The summed E-state index contributed by atoms with van der Waals surface area (Å²) >= 11 is 0. The van der Waals surface area contributed by atoms with E-state index < -0.39 is 72.1 Å². The van der Waals surface area contributed by atoms with Gasteiger partial charge in [-0.15, -0.1) is 0 Å². The number of hydrogen-bond acceptors (Lipinski definition) is 8. The number of rotatable bonds is 20. The standard InChI is InChI=1S/4C18H19F2N3O/c4*1-23-9-14(16(22-23)17(19)20)18(24)21-15-5-3-2-4-11(15)13-8-12(13)10-6-7-10/h4*2-5,9-10,12-13,17H,6-8H2,1H3,(H,21,24)/t2*12-,13+;2*12-,13-/m1010/s1. The fourth-order valence-electron chi connectivity index (χ4n) is 14.3. The Balaban J connectivity index is 0.000000116. The number of carbonyl (C=O) groups is 4. The minimum Gasteiger partial charge on any atom is -0.322 e. The Morgan fingerprint density at radius 1 is 0.333 bits per heavy atom. The van der Waals surface area contributed by atoms with Gasteiger partial charge < -0.3 is 21.3 Å². The molecule has 4 aromatic heterocycles. The van der Waals surface area contributed by atoms with Crippen LogP contribution < -0.4 is 21.3 Å². The summed E-state index contributed by atoms with van der Waals surface area (Å²) in [5.74, 6) is 6.03. The average molecular weight is 1330 g/mol. The van der Waals surface area contributed by atoms with Crippen LogP contribution in [0.2, 0.25) is 0 Å². The summed E-state index contributed by atoms with van der Waals surface area (Å²) in [4.78, 5) is 49.9. The Labute approximate surface area is 550 Å². The van der Waals surface area contributed by atoms with Crippen LogP contribution in [0.15, 0.2) is 122 Å². The fraction of sp³-hybridized carbons (Fsp3) is 0.444. The molecular formula is C72H76F8N12O4. The van der Waals surface area contributed by atoms with Gasteiger partial charge in [0.1, 0.15) is 22.8 Å². The molecule has 504 valence electrons. The van der Waals surface area contributed by atoms with E-state index in [9.17, 15) is 54.3 Å². The second-order valence-corrected chi connectivity index (χ2v) is 27.1. The smallest absolute Gasteiger partial charge is 0.282 e. The molecule has 8 atom stereocenters. The van der Waals surface area contributed by atoms with Crippen LogP contribution in [0.3, 0.4) is 0 Å². The van der Waals surface area contributed by atoms with Gasteiger partial charge in [-0.2, -0.15) is 20.4 Å². The van der Waals surface area contributed by atoms with Crippen molar-refractivity contribution >= 4 is 46.4 Å². The van der Waals surface area contributed by atoms with E-state index in [4.69, 9.17) is 0 Å². The molecule has 8 aliphatic rings. The zero-order valence-electron chi connectivity index (χ0n) is 53.5. The van der Waals surface area contributed by atoms with Crippen molar-refractivity contribution in [2.75, 3.05) is 21.3 Å². The first-order valence-corrected chi connectivity index (χ1v) is 33.1. The van der Waals surface area contributed by atoms with Crippen LogP contribution in [-0.2, 0) is 28.2 Å². The lowest BCUT2D eigenvalue weighted by Crippen LogP contribution is -2.14. The summed E-state index contributed by atoms with van der Waals surface area (Å²) in [6, 6.07) is 30.7. The number of hydrogen-bond donors (Lipinski definition) is 4. The number of halogens is 8. The van der Waals surface area contributed by atoms with Gasteiger partial charge in [-0.25, -0.2) is 35.1 Å². The number of nitrogens with zero attached hydrogens (tertiary/aromatic N) is 8. The lowest BCUT2D eigenvalue weighted by molar-refractivity contribution is 0.100. The number of aromatic nitrogens is 8. The lowest BCUT2D eigenvalue weighted by atomic mass is 10.0. The molecule has 96 heavy (non-hydrogen) atoms. The summed E-state index contributed by atoms with van der Waals surface area (Å²) in [6.07, 6.45) is 9.36. The molecule has 24 heteroatoms. The van der Waals surface area contributed by atoms with Crippen LogP contribution in [-0.4, -0.2) is 62.8 Å². The third-order valence-electron chi connectivity index (χ3n) is 19.9. The van der Waals surface area contributed by atoms with E-state index in [2.05, 4.69) is 41.7 Å². The fourth-order valence-corrected chi connectivity index (χ4v) is 14.3. The van der Waals surface area contributed by atoms with Crippen molar-refractivity contribution in [3.8, 4) is 0 Å². The van der Waals surface area contributed by atoms with Crippen LogP contribution in [0.25, 0.3) is 0 Å². The molecule has 4 heterocycles. The maximum atomic E-state index is 13.0. The summed E-state index contributed by atoms with van der Waals surface area (Å²) in [7, 11) is 6.12. The van der Waals surface area contributed by atoms with Crippen LogP contribution in [0.5, 0.6) is 0 Å². The van der Waals surface area contributed by atoms with Gasteiger partial charge in [0.25, 0.3) is 49.3 Å². The molecule has 0 aliphatic heterocycles. The molecule has 0 radical (unpaired) electrons. The highest BCUT2D eigenvalue weighted by atomic mass is 19.3. The third kappa shape index (κ3) is 15.2. The molecule has 4 amide bonds. The first-order chi connectivity index (χ1) is 46.2. The number of carbonyl (C=O) groups excluding carboxylic acids is 4. The van der Waals surface area contributed by atoms with Crippen LogP contribution in [0.4, 0.5) is 57.9 Å². The monoisotopic (exact) mass is 1320 g/mol. The maximum absolute atomic E-state index is 13.0. The topological polar surface area (TPSA) is 188 Å². The first kappa shape index (κ1) is 65.7. The first-order valence-electron chi connectivity index (χ1n) is 33.1. The second kappa shape index (κ2) is 27.3. The SMILES string of the molecule is Cn1cc(C(=O)Nc2ccccc2[C@@H]2C[C@@H]2C2CC2)c(C(F)F)n1.Cn1cc(C(=O)Nc2ccccc2[C@@H]2C[C@H]2C2CC2)c(C(F)F)n1.Cn1cc(C(=O)Nc2ccccc2[C@H]2C[C@@H]2C2CC2)c(C(F)F)n1.Cn1cc(C(=O)Nc2ccccc2[C@H]2C[C@H]2C2CC2)c(C(F)F)n1. The minimum absolute atomic E-state index is 0.0724. The molecule has 16 nitrogen and oxygen atoms in total. The van der Waals surface area contributed by atoms with Crippen LogP contribution in [0, 0.1) is 47.3 Å².